The van der Waals surface area contributed by atoms with E-state index in [4.69, 9.17) is 0 Å². The number of nitrogens with zero attached hydrogens (tertiary/aromatic N) is 1. The van der Waals surface area contributed by atoms with Crippen LogP contribution < -0.4 is 10.6 Å². The van der Waals surface area contributed by atoms with Gasteiger partial charge in [0.15, 0.2) is 0 Å². The fourth-order valence-electron chi connectivity index (χ4n) is 2.68. The van der Waals surface area contributed by atoms with Gasteiger partial charge in [0.05, 0.1) is 12.5 Å². The first kappa shape index (κ1) is 17.0. The van der Waals surface area contributed by atoms with Gasteiger partial charge in [-0.3, -0.25) is 9.59 Å². The third kappa shape index (κ3) is 4.58. The lowest BCUT2D eigenvalue weighted by Gasteiger charge is -2.18. The van der Waals surface area contributed by atoms with Crippen molar-refractivity contribution >= 4 is 34.5 Å². The number of thiophene rings is 1. The van der Waals surface area contributed by atoms with Crippen LogP contribution in [0.4, 0.5) is 11.4 Å². The molecule has 3 rings (SSSR count). The normalized spacial score (nSPS) is 11.7. The van der Waals surface area contributed by atoms with Gasteiger partial charge in [-0.25, -0.2) is 0 Å². The lowest BCUT2D eigenvalue weighted by Crippen LogP contribution is -2.19. The van der Waals surface area contributed by atoms with Crippen LogP contribution in [0.2, 0.25) is 0 Å². The molecule has 1 unspecified atom stereocenters. The minimum absolute atomic E-state index is 0.0419. The summed E-state index contributed by atoms with van der Waals surface area (Å²) in [6.07, 6.45) is 4.26. The first-order valence-electron chi connectivity index (χ1n) is 7.94. The van der Waals surface area contributed by atoms with E-state index in [2.05, 4.69) is 16.0 Å². The van der Waals surface area contributed by atoms with E-state index in [0.29, 0.717) is 17.8 Å². The summed E-state index contributed by atoms with van der Waals surface area (Å²) >= 11 is 1.62. The summed E-state index contributed by atoms with van der Waals surface area (Å²) in [5.74, 6) is -0.224. The Morgan fingerprint density at radius 1 is 1.08 bits per heavy atom. The predicted octanol–water partition coefficient (Wildman–Crippen LogP) is 4.13. The van der Waals surface area contributed by atoms with Crippen LogP contribution in [0.15, 0.2) is 65.6 Å². The van der Waals surface area contributed by atoms with E-state index in [1.165, 1.54) is 6.92 Å². The molecule has 2 N–H and O–H groups in total. The van der Waals surface area contributed by atoms with Crippen LogP contribution >= 0.6 is 11.3 Å². The van der Waals surface area contributed by atoms with Crippen molar-refractivity contribution in [3.05, 3.63) is 71.2 Å². The Kier molecular flexibility index (Phi) is 5.30. The summed E-state index contributed by atoms with van der Waals surface area (Å²) in [6.45, 7) is 1.45. The summed E-state index contributed by atoms with van der Waals surface area (Å²) in [7, 11) is 0. The molecule has 2 heterocycles. The van der Waals surface area contributed by atoms with Gasteiger partial charge in [-0.2, -0.15) is 11.3 Å². The molecule has 25 heavy (non-hydrogen) atoms. The zero-order valence-electron chi connectivity index (χ0n) is 13.8. The number of hydrogen-bond acceptors (Lipinski definition) is 3. The lowest BCUT2D eigenvalue weighted by atomic mass is 10.1. The SMILES string of the molecule is CC(=O)Nc1cccc(NC(=O)CC(c2ccsc2)n2cccc2)c1. The molecule has 0 aliphatic rings. The Balaban J connectivity index is 1.71. The van der Waals surface area contributed by atoms with Crippen LogP contribution in [0.3, 0.4) is 0 Å². The average Bonchev–Trinajstić information content (AvgIpc) is 3.26. The van der Waals surface area contributed by atoms with Crippen molar-refractivity contribution in [2.75, 3.05) is 10.6 Å². The van der Waals surface area contributed by atoms with E-state index in [1.807, 2.05) is 40.5 Å². The second kappa shape index (κ2) is 7.81. The Hall–Kier alpha value is -2.86. The molecule has 0 saturated heterocycles. The van der Waals surface area contributed by atoms with Crippen molar-refractivity contribution in [2.45, 2.75) is 19.4 Å². The monoisotopic (exact) mass is 353 g/mol. The van der Waals surface area contributed by atoms with Gasteiger partial charge in [-0.1, -0.05) is 6.07 Å². The quantitative estimate of drug-likeness (QED) is 0.700. The van der Waals surface area contributed by atoms with Gasteiger partial charge in [-0.05, 0) is 52.7 Å². The smallest absolute Gasteiger partial charge is 0.226 e. The van der Waals surface area contributed by atoms with E-state index < -0.39 is 0 Å². The number of aromatic nitrogens is 1. The third-order valence-electron chi connectivity index (χ3n) is 3.76. The number of benzene rings is 1. The van der Waals surface area contributed by atoms with Crippen LogP contribution in [0.25, 0.3) is 0 Å². The molecule has 1 aromatic carbocycles. The fraction of sp³-hybridized carbons (Fsp3) is 0.158. The zero-order valence-corrected chi connectivity index (χ0v) is 14.6. The molecule has 5 nitrogen and oxygen atoms in total. The van der Waals surface area contributed by atoms with Crippen LogP contribution in [-0.2, 0) is 9.59 Å². The van der Waals surface area contributed by atoms with E-state index in [-0.39, 0.29) is 17.9 Å². The molecule has 0 bridgehead atoms. The molecule has 0 saturated carbocycles. The number of carbonyl (C=O) groups excluding carboxylic acids is 2. The molecule has 0 aliphatic heterocycles. The maximum atomic E-state index is 12.5. The second-order valence-corrected chi connectivity index (χ2v) is 6.50. The number of nitrogens with one attached hydrogen (secondary N) is 2. The molecule has 6 heteroatoms. The van der Waals surface area contributed by atoms with Gasteiger partial charge < -0.3 is 15.2 Å². The Labute approximate surface area is 150 Å². The van der Waals surface area contributed by atoms with Crippen LogP contribution in [0.5, 0.6) is 0 Å². The van der Waals surface area contributed by atoms with E-state index >= 15 is 0 Å². The molecular weight excluding hydrogens is 334 g/mol. The van der Waals surface area contributed by atoms with E-state index in [1.54, 1.807) is 35.6 Å². The molecule has 0 radical (unpaired) electrons. The van der Waals surface area contributed by atoms with Crippen molar-refractivity contribution in [1.82, 2.24) is 4.57 Å². The first-order chi connectivity index (χ1) is 12.1. The number of rotatable bonds is 6. The predicted molar refractivity (Wildman–Crippen MR) is 101 cm³/mol. The molecule has 0 spiro atoms. The number of hydrogen-bond donors (Lipinski definition) is 2. The number of carbonyl (C=O) groups is 2. The largest absolute Gasteiger partial charge is 0.346 e. The number of anilines is 2. The highest BCUT2D eigenvalue weighted by molar-refractivity contribution is 7.08. The Bertz CT molecular complexity index is 807. The van der Waals surface area contributed by atoms with Gasteiger partial charge in [0, 0.05) is 30.7 Å². The zero-order chi connectivity index (χ0) is 17.6. The van der Waals surface area contributed by atoms with Gasteiger partial charge in [-0.15, -0.1) is 0 Å². The third-order valence-corrected chi connectivity index (χ3v) is 4.46. The molecule has 0 fully saturated rings. The highest BCUT2D eigenvalue weighted by Gasteiger charge is 2.18. The van der Waals surface area contributed by atoms with Crippen molar-refractivity contribution < 1.29 is 9.59 Å². The van der Waals surface area contributed by atoms with E-state index in [9.17, 15) is 9.59 Å². The summed E-state index contributed by atoms with van der Waals surface area (Å²) in [5, 5.41) is 9.70. The Morgan fingerprint density at radius 2 is 1.80 bits per heavy atom. The summed E-state index contributed by atoms with van der Waals surface area (Å²) in [6, 6.07) is 13.0. The molecule has 2 amide bonds. The van der Waals surface area contributed by atoms with Crippen LogP contribution in [-0.4, -0.2) is 16.4 Å². The summed E-state index contributed by atoms with van der Waals surface area (Å²) in [5.41, 5.74) is 2.43. The minimum atomic E-state index is -0.145. The van der Waals surface area contributed by atoms with Crippen LogP contribution in [0, 0.1) is 0 Å². The summed E-state index contributed by atoms with van der Waals surface area (Å²) < 4.78 is 2.04. The second-order valence-electron chi connectivity index (χ2n) is 5.72. The maximum Gasteiger partial charge on any atom is 0.226 e. The van der Waals surface area contributed by atoms with Gasteiger partial charge in [0.2, 0.25) is 11.8 Å². The highest BCUT2D eigenvalue weighted by atomic mass is 32.1. The van der Waals surface area contributed by atoms with Crippen molar-refractivity contribution in [3.8, 4) is 0 Å². The topological polar surface area (TPSA) is 63.1 Å². The molecular formula is C19H19N3O2S. The van der Waals surface area contributed by atoms with Crippen LogP contribution in [0.1, 0.15) is 24.9 Å². The van der Waals surface area contributed by atoms with E-state index in [0.717, 1.165) is 5.56 Å². The van der Waals surface area contributed by atoms with Crippen molar-refractivity contribution in [1.29, 1.82) is 0 Å². The molecule has 128 valence electrons. The van der Waals surface area contributed by atoms with Gasteiger partial charge >= 0.3 is 0 Å². The Morgan fingerprint density at radius 3 is 2.44 bits per heavy atom. The van der Waals surface area contributed by atoms with Gasteiger partial charge in [0.25, 0.3) is 0 Å². The molecule has 2 aromatic heterocycles. The minimum Gasteiger partial charge on any atom is -0.346 e. The summed E-state index contributed by atoms with van der Waals surface area (Å²) in [4.78, 5) is 23.7. The highest BCUT2D eigenvalue weighted by Crippen LogP contribution is 2.25. The molecule has 3 aromatic rings. The van der Waals surface area contributed by atoms with Crippen molar-refractivity contribution in [2.24, 2.45) is 0 Å². The molecule has 0 aliphatic carbocycles. The number of amides is 2. The first-order valence-corrected chi connectivity index (χ1v) is 8.88. The molecule has 1 atom stereocenters. The fourth-order valence-corrected chi connectivity index (χ4v) is 3.39. The maximum absolute atomic E-state index is 12.5. The standard InChI is InChI=1S/C19H19N3O2S/c1-14(23)20-16-5-4-6-17(11-16)21-19(24)12-18(15-7-10-25-13-15)22-8-2-3-9-22/h2-11,13,18H,12H2,1H3,(H,20,23)(H,21,24). The lowest BCUT2D eigenvalue weighted by molar-refractivity contribution is -0.116. The van der Waals surface area contributed by atoms with Gasteiger partial charge in [0.1, 0.15) is 0 Å². The average molecular weight is 353 g/mol. The van der Waals surface area contributed by atoms with Crippen molar-refractivity contribution in [3.63, 3.8) is 0 Å².